The summed E-state index contributed by atoms with van der Waals surface area (Å²) in [5.41, 5.74) is -0.276. The Hall–Kier alpha value is -2.86. The molecule has 154 valence electrons. The second kappa shape index (κ2) is 7.87. The van der Waals surface area contributed by atoms with Gasteiger partial charge in [0, 0.05) is 6.20 Å². The molecule has 0 N–H and O–H groups in total. The zero-order valence-electron chi connectivity index (χ0n) is 15.1. The molecule has 0 amide bonds. The van der Waals surface area contributed by atoms with Crippen LogP contribution in [0, 0.1) is 6.92 Å². The van der Waals surface area contributed by atoms with E-state index in [0.717, 1.165) is 11.3 Å². The van der Waals surface area contributed by atoms with Gasteiger partial charge in [-0.3, -0.25) is 0 Å². The second-order valence-electron chi connectivity index (χ2n) is 5.47. The first kappa shape index (κ1) is 20.9. The number of thiazole rings is 1. The lowest BCUT2D eigenvalue weighted by molar-refractivity contribution is -0.138. The van der Waals surface area contributed by atoms with Gasteiger partial charge in [-0.05, 0) is 13.0 Å². The van der Waals surface area contributed by atoms with Crippen molar-refractivity contribution >= 4 is 39.4 Å². The average molecular weight is 449 g/mol. The molecule has 3 heterocycles. The number of hydrogen-bond donors (Lipinski definition) is 0. The smallest absolute Gasteiger partial charge is 0.417 e. The summed E-state index contributed by atoms with van der Waals surface area (Å²) in [6.45, 7) is 1.69. The van der Waals surface area contributed by atoms with Crippen LogP contribution in [-0.4, -0.2) is 39.8 Å². The van der Waals surface area contributed by atoms with Crippen molar-refractivity contribution in [2.24, 2.45) is 0 Å². The van der Waals surface area contributed by atoms with E-state index in [2.05, 4.69) is 15.1 Å². The predicted octanol–water partition coefficient (Wildman–Crippen LogP) is 4.12. The first-order chi connectivity index (χ1) is 13.7. The molecule has 3 aromatic rings. The molecule has 0 aromatic carbocycles. The van der Waals surface area contributed by atoms with Gasteiger partial charge in [-0.2, -0.15) is 18.2 Å². The van der Waals surface area contributed by atoms with Crippen LogP contribution in [0.3, 0.4) is 0 Å². The summed E-state index contributed by atoms with van der Waals surface area (Å²) in [4.78, 5) is 20.5. The van der Waals surface area contributed by atoms with Crippen molar-refractivity contribution in [2.75, 3.05) is 14.2 Å². The van der Waals surface area contributed by atoms with E-state index >= 15 is 0 Å². The molecular formula is C16H12ClF3N4O4S. The van der Waals surface area contributed by atoms with Crippen LogP contribution < -0.4 is 4.74 Å². The molecule has 0 fully saturated rings. The predicted molar refractivity (Wildman–Crippen MR) is 96.9 cm³/mol. The summed E-state index contributed by atoms with van der Waals surface area (Å²) >= 11 is 6.94. The van der Waals surface area contributed by atoms with Gasteiger partial charge in [0.05, 0.1) is 36.6 Å². The summed E-state index contributed by atoms with van der Waals surface area (Å²) in [6, 6.07) is 0.527. The molecule has 0 saturated heterocycles. The standard InChI is InChI=1S/C16H12ClF3N4O4S/c1-7-11(9(6-26-2)13(25)27-3)29-15-22-14(23-24(7)15)28-12-10(17)4-8(5-21-12)16(18,19)20/h4-6H,1-3H3/b9-6-. The number of esters is 1. The Kier molecular flexibility index (Phi) is 5.66. The molecule has 29 heavy (non-hydrogen) atoms. The van der Waals surface area contributed by atoms with Crippen molar-refractivity contribution in [3.8, 4) is 11.9 Å². The number of aromatic nitrogens is 4. The molecule has 0 atom stereocenters. The molecule has 3 rings (SSSR count). The minimum Gasteiger partial charge on any atom is -0.503 e. The lowest BCUT2D eigenvalue weighted by atomic mass is 10.2. The SMILES string of the molecule is CO/C=C(\C(=O)OC)c1sc2nc(Oc3ncc(C(F)(F)F)cc3Cl)nn2c1C. The number of alkyl halides is 3. The van der Waals surface area contributed by atoms with Gasteiger partial charge in [-0.25, -0.2) is 14.3 Å². The summed E-state index contributed by atoms with van der Waals surface area (Å²) in [6.07, 6.45) is -2.74. The van der Waals surface area contributed by atoms with Crippen LogP contribution in [0.4, 0.5) is 13.2 Å². The molecule has 0 aliphatic carbocycles. The van der Waals surface area contributed by atoms with Gasteiger partial charge in [-0.15, -0.1) is 5.10 Å². The lowest BCUT2D eigenvalue weighted by Gasteiger charge is -2.08. The highest BCUT2D eigenvalue weighted by Crippen LogP contribution is 2.35. The van der Waals surface area contributed by atoms with Gasteiger partial charge in [0.15, 0.2) is 0 Å². The van der Waals surface area contributed by atoms with E-state index in [4.69, 9.17) is 25.8 Å². The van der Waals surface area contributed by atoms with Crippen molar-refractivity contribution in [1.82, 2.24) is 19.6 Å². The van der Waals surface area contributed by atoms with Crippen LogP contribution in [0.1, 0.15) is 16.1 Å². The van der Waals surface area contributed by atoms with Crippen LogP contribution in [0.5, 0.6) is 11.9 Å². The molecular weight excluding hydrogens is 437 g/mol. The third-order valence-electron chi connectivity index (χ3n) is 3.61. The quantitative estimate of drug-likeness (QED) is 0.329. The van der Waals surface area contributed by atoms with Gasteiger partial charge >= 0.3 is 18.2 Å². The number of methoxy groups -OCH3 is 2. The summed E-state index contributed by atoms with van der Waals surface area (Å²) in [7, 11) is 2.63. The van der Waals surface area contributed by atoms with E-state index in [9.17, 15) is 18.0 Å². The number of carbonyl (C=O) groups excluding carboxylic acids is 1. The van der Waals surface area contributed by atoms with Crippen LogP contribution in [0.15, 0.2) is 18.5 Å². The van der Waals surface area contributed by atoms with Crippen molar-refractivity contribution in [2.45, 2.75) is 13.1 Å². The minimum atomic E-state index is -4.58. The third-order valence-corrected chi connectivity index (χ3v) is 5.04. The number of halogens is 4. The summed E-state index contributed by atoms with van der Waals surface area (Å²) < 4.78 is 54.5. The highest BCUT2D eigenvalue weighted by molar-refractivity contribution is 7.18. The molecule has 0 unspecified atom stereocenters. The van der Waals surface area contributed by atoms with E-state index in [-0.39, 0.29) is 22.5 Å². The maximum absolute atomic E-state index is 12.7. The Morgan fingerprint density at radius 3 is 2.62 bits per heavy atom. The fourth-order valence-corrected chi connectivity index (χ4v) is 3.53. The van der Waals surface area contributed by atoms with E-state index < -0.39 is 17.7 Å². The monoisotopic (exact) mass is 448 g/mol. The van der Waals surface area contributed by atoms with Crippen LogP contribution in [-0.2, 0) is 20.4 Å². The van der Waals surface area contributed by atoms with Gasteiger partial charge in [0.25, 0.3) is 0 Å². The molecule has 8 nitrogen and oxygen atoms in total. The maximum Gasteiger partial charge on any atom is 0.417 e. The van der Waals surface area contributed by atoms with E-state index in [1.165, 1.54) is 25.0 Å². The topological polar surface area (TPSA) is 87.8 Å². The molecule has 0 bridgehead atoms. The highest BCUT2D eigenvalue weighted by Gasteiger charge is 2.32. The number of fused-ring (bicyclic) bond motifs is 1. The Morgan fingerprint density at radius 1 is 1.34 bits per heavy atom. The first-order valence-electron chi connectivity index (χ1n) is 7.74. The molecule has 0 radical (unpaired) electrons. The van der Waals surface area contributed by atoms with Crippen molar-refractivity contribution in [3.63, 3.8) is 0 Å². The fourth-order valence-electron chi connectivity index (χ4n) is 2.28. The number of nitrogens with zero attached hydrogens (tertiary/aromatic N) is 4. The number of hydrogen-bond acceptors (Lipinski definition) is 8. The number of pyridine rings is 1. The number of ether oxygens (including phenoxy) is 3. The Balaban J connectivity index is 1.92. The molecule has 0 spiro atoms. The van der Waals surface area contributed by atoms with Gasteiger partial charge in [0.2, 0.25) is 10.8 Å². The second-order valence-corrected chi connectivity index (χ2v) is 6.86. The zero-order chi connectivity index (χ0) is 21.3. The van der Waals surface area contributed by atoms with Gasteiger partial charge < -0.3 is 14.2 Å². The molecule has 0 saturated carbocycles. The van der Waals surface area contributed by atoms with Crippen molar-refractivity contribution < 1.29 is 32.2 Å². The van der Waals surface area contributed by atoms with Crippen LogP contribution in [0.25, 0.3) is 10.5 Å². The summed E-state index contributed by atoms with van der Waals surface area (Å²) in [5.74, 6) is -0.873. The normalized spacial score (nSPS) is 12.3. The minimum absolute atomic E-state index is 0.171. The Labute approximate surface area is 170 Å². The third kappa shape index (κ3) is 4.12. The zero-order valence-corrected chi connectivity index (χ0v) is 16.6. The molecule has 3 aromatic heterocycles. The number of rotatable bonds is 5. The van der Waals surface area contributed by atoms with E-state index in [1.807, 2.05) is 0 Å². The number of carbonyl (C=O) groups is 1. The van der Waals surface area contributed by atoms with Crippen LogP contribution >= 0.6 is 22.9 Å². The Bertz CT molecular complexity index is 1110. The highest BCUT2D eigenvalue weighted by atomic mass is 35.5. The average Bonchev–Trinajstić information content (AvgIpc) is 3.18. The van der Waals surface area contributed by atoms with E-state index in [1.54, 1.807) is 6.92 Å². The Morgan fingerprint density at radius 2 is 2.07 bits per heavy atom. The summed E-state index contributed by atoms with van der Waals surface area (Å²) in [5, 5.41) is 3.78. The van der Waals surface area contributed by atoms with Crippen LogP contribution in [0.2, 0.25) is 5.02 Å². The maximum atomic E-state index is 12.7. The largest absolute Gasteiger partial charge is 0.503 e. The van der Waals surface area contributed by atoms with Gasteiger partial charge in [0.1, 0.15) is 10.6 Å². The fraction of sp³-hybridized carbons (Fsp3) is 0.250. The van der Waals surface area contributed by atoms with Crippen molar-refractivity contribution in [1.29, 1.82) is 0 Å². The molecule has 0 aliphatic rings. The van der Waals surface area contributed by atoms with Crippen molar-refractivity contribution in [3.05, 3.63) is 39.7 Å². The first-order valence-corrected chi connectivity index (χ1v) is 8.93. The lowest BCUT2D eigenvalue weighted by Crippen LogP contribution is -2.06. The molecule has 13 heteroatoms. The molecule has 0 aliphatic heterocycles. The van der Waals surface area contributed by atoms with Gasteiger partial charge in [-0.1, -0.05) is 22.9 Å². The number of aryl methyl sites for hydroxylation is 1. The van der Waals surface area contributed by atoms with E-state index in [0.29, 0.717) is 27.8 Å².